The first kappa shape index (κ1) is 12.5. The summed E-state index contributed by atoms with van der Waals surface area (Å²) in [7, 11) is 0. The highest BCUT2D eigenvalue weighted by Crippen LogP contribution is 2.27. The van der Waals surface area contributed by atoms with Crippen molar-refractivity contribution in [2.24, 2.45) is 5.92 Å². The van der Waals surface area contributed by atoms with Crippen molar-refractivity contribution >= 4 is 0 Å². The van der Waals surface area contributed by atoms with E-state index in [9.17, 15) is 4.39 Å². The van der Waals surface area contributed by atoms with Crippen molar-refractivity contribution in [1.82, 2.24) is 10.3 Å². The molecular formula is C13H19FN2O. The molecule has 94 valence electrons. The smallest absolute Gasteiger partial charge is 0.146 e. The zero-order chi connectivity index (χ0) is 12.1. The van der Waals surface area contributed by atoms with Crippen molar-refractivity contribution in [1.29, 1.82) is 0 Å². The molecule has 0 spiro atoms. The van der Waals surface area contributed by atoms with Crippen LogP contribution in [0, 0.1) is 11.7 Å². The van der Waals surface area contributed by atoms with E-state index < -0.39 is 0 Å². The van der Waals surface area contributed by atoms with Gasteiger partial charge in [0.2, 0.25) is 0 Å². The molecular weight excluding hydrogens is 219 g/mol. The Morgan fingerprint density at radius 1 is 1.65 bits per heavy atom. The monoisotopic (exact) mass is 238 g/mol. The normalized spacial score (nSPS) is 21.6. The van der Waals surface area contributed by atoms with Crippen molar-refractivity contribution in [3.05, 3.63) is 29.8 Å². The maximum absolute atomic E-state index is 13.7. The first-order valence-corrected chi connectivity index (χ1v) is 6.21. The second-order valence-corrected chi connectivity index (χ2v) is 4.47. The van der Waals surface area contributed by atoms with Crippen molar-refractivity contribution in [2.45, 2.75) is 25.8 Å². The second-order valence-electron chi connectivity index (χ2n) is 4.47. The van der Waals surface area contributed by atoms with Crippen LogP contribution in [-0.2, 0) is 4.74 Å². The first-order valence-electron chi connectivity index (χ1n) is 6.21. The number of halogens is 1. The number of hydrogen-bond acceptors (Lipinski definition) is 3. The van der Waals surface area contributed by atoms with Crippen LogP contribution in [0.25, 0.3) is 0 Å². The van der Waals surface area contributed by atoms with E-state index >= 15 is 0 Å². The van der Waals surface area contributed by atoms with Crippen LogP contribution in [0.2, 0.25) is 0 Å². The Kier molecular flexibility index (Phi) is 4.45. The van der Waals surface area contributed by atoms with Crippen LogP contribution in [0.3, 0.4) is 0 Å². The summed E-state index contributed by atoms with van der Waals surface area (Å²) < 4.78 is 19.1. The van der Waals surface area contributed by atoms with Gasteiger partial charge in [0.15, 0.2) is 0 Å². The molecule has 1 fully saturated rings. The number of hydrogen-bond donors (Lipinski definition) is 1. The molecule has 0 amide bonds. The highest BCUT2D eigenvalue weighted by Gasteiger charge is 2.23. The fourth-order valence-electron chi connectivity index (χ4n) is 2.34. The zero-order valence-electron chi connectivity index (χ0n) is 10.2. The Labute approximate surface area is 101 Å². The van der Waals surface area contributed by atoms with Crippen LogP contribution >= 0.6 is 0 Å². The Bertz CT molecular complexity index is 353. The summed E-state index contributed by atoms with van der Waals surface area (Å²) in [6, 6.07) is 1.83. The van der Waals surface area contributed by atoms with E-state index in [1.807, 2.05) is 6.92 Å². The molecule has 0 aromatic carbocycles. The van der Waals surface area contributed by atoms with Gasteiger partial charge >= 0.3 is 0 Å². The van der Waals surface area contributed by atoms with E-state index in [2.05, 4.69) is 10.3 Å². The second kappa shape index (κ2) is 6.07. The molecule has 1 aromatic rings. The average Bonchev–Trinajstić information content (AvgIpc) is 2.82. The number of nitrogens with zero attached hydrogens (tertiary/aromatic N) is 1. The van der Waals surface area contributed by atoms with Gasteiger partial charge in [-0.15, -0.1) is 0 Å². The van der Waals surface area contributed by atoms with Gasteiger partial charge < -0.3 is 10.1 Å². The predicted molar refractivity (Wildman–Crippen MR) is 64.2 cm³/mol. The zero-order valence-corrected chi connectivity index (χ0v) is 10.2. The van der Waals surface area contributed by atoms with Gasteiger partial charge in [-0.3, -0.25) is 4.98 Å². The molecule has 1 N–H and O–H groups in total. The number of aromatic nitrogens is 1. The molecule has 0 bridgehead atoms. The third-order valence-corrected chi connectivity index (χ3v) is 3.22. The Morgan fingerprint density at radius 2 is 2.53 bits per heavy atom. The third kappa shape index (κ3) is 3.23. The molecule has 1 aliphatic heterocycles. The van der Waals surface area contributed by atoms with Crippen LogP contribution in [0.15, 0.2) is 18.5 Å². The van der Waals surface area contributed by atoms with Gasteiger partial charge in [-0.25, -0.2) is 4.39 Å². The summed E-state index contributed by atoms with van der Waals surface area (Å²) >= 11 is 0. The minimum atomic E-state index is -0.225. The summed E-state index contributed by atoms with van der Waals surface area (Å²) in [4.78, 5) is 3.79. The van der Waals surface area contributed by atoms with Crippen molar-refractivity contribution in [3.8, 4) is 0 Å². The molecule has 3 nitrogen and oxygen atoms in total. The van der Waals surface area contributed by atoms with E-state index in [1.54, 1.807) is 12.3 Å². The number of nitrogens with one attached hydrogen (secondary N) is 1. The van der Waals surface area contributed by atoms with Gasteiger partial charge in [0, 0.05) is 31.0 Å². The Balaban J connectivity index is 2.08. The van der Waals surface area contributed by atoms with Crippen LogP contribution in [0.4, 0.5) is 4.39 Å². The lowest BCUT2D eigenvalue weighted by atomic mass is 9.94. The van der Waals surface area contributed by atoms with E-state index in [-0.39, 0.29) is 11.9 Å². The largest absolute Gasteiger partial charge is 0.381 e. The molecule has 2 rings (SSSR count). The molecule has 2 heterocycles. The molecule has 1 aromatic heterocycles. The maximum atomic E-state index is 13.7. The predicted octanol–water partition coefficient (Wildman–Crippen LogP) is 2.30. The fourth-order valence-corrected chi connectivity index (χ4v) is 2.34. The lowest BCUT2D eigenvalue weighted by Gasteiger charge is -2.21. The highest BCUT2D eigenvalue weighted by atomic mass is 19.1. The van der Waals surface area contributed by atoms with Crippen LogP contribution in [0.5, 0.6) is 0 Å². The van der Waals surface area contributed by atoms with Crippen LogP contribution < -0.4 is 5.32 Å². The van der Waals surface area contributed by atoms with Crippen LogP contribution in [-0.4, -0.2) is 24.7 Å². The third-order valence-electron chi connectivity index (χ3n) is 3.22. The highest BCUT2D eigenvalue weighted by molar-refractivity contribution is 5.17. The molecule has 1 aliphatic rings. The number of ether oxygens (including phenoxy) is 1. The Hall–Kier alpha value is -1.00. The minimum Gasteiger partial charge on any atom is -0.381 e. The molecule has 2 unspecified atom stereocenters. The SMILES string of the molecule is CCNC(CC1CCOC1)c1ccncc1F. The van der Waals surface area contributed by atoms with Crippen molar-refractivity contribution in [3.63, 3.8) is 0 Å². The standard InChI is InChI=1S/C13H19FN2O/c1-2-16-13(7-10-4-6-17-9-10)11-3-5-15-8-12(11)14/h3,5,8,10,13,16H,2,4,6-7,9H2,1H3. The van der Waals surface area contributed by atoms with Gasteiger partial charge in [0.1, 0.15) is 5.82 Å². The van der Waals surface area contributed by atoms with Gasteiger partial charge in [-0.2, -0.15) is 0 Å². The van der Waals surface area contributed by atoms with E-state index in [1.165, 1.54) is 6.20 Å². The molecule has 4 heteroatoms. The van der Waals surface area contributed by atoms with Gasteiger partial charge in [-0.05, 0) is 31.4 Å². The Morgan fingerprint density at radius 3 is 3.18 bits per heavy atom. The quantitative estimate of drug-likeness (QED) is 0.854. The van der Waals surface area contributed by atoms with Crippen LogP contribution in [0.1, 0.15) is 31.4 Å². The summed E-state index contributed by atoms with van der Waals surface area (Å²) in [6.07, 6.45) is 4.93. The van der Waals surface area contributed by atoms with Gasteiger partial charge in [0.25, 0.3) is 0 Å². The summed E-state index contributed by atoms with van der Waals surface area (Å²) in [5.74, 6) is 0.309. The topological polar surface area (TPSA) is 34.1 Å². The first-order chi connectivity index (χ1) is 8.31. The van der Waals surface area contributed by atoms with Gasteiger partial charge in [0.05, 0.1) is 6.20 Å². The van der Waals surface area contributed by atoms with E-state index in [0.717, 1.165) is 32.6 Å². The molecule has 0 radical (unpaired) electrons. The summed E-state index contributed by atoms with van der Waals surface area (Å²) in [5.41, 5.74) is 0.716. The molecule has 1 saturated heterocycles. The molecule has 0 aliphatic carbocycles. The summed E-state index contributed by atoms with van der Waals surface area (Å²) in [5, 5.41) is 3.34. The minimum absolute atomic E-state index is 0.0645. The van der Waals surface area contributed by atoms with E-state index in [4.69, 9.17) is 4.74 Å². The lowest BCUT2D eigenvalue weighted by molar-refractivity contribution is 0.181. The maximum Gasteiger partial charge on any atom is 0.146 e. The lowest BCUT2D eigenvalue weighted by Crippen LogP contribution is -2.24. The number of rotatable bonds is 5. The number of pyridine rings is 1. The van der Waals surface area contributed by atoms with Crippen molar-refractivity contribution < 1.29 is 9.13 Å². The van der Waals surface area contributed by atoms with Crippen molar-refractivity contribution in [2.75, 3.05) is 19.8 Å². The average molecular weight is 238 g/mol. The molecule has 0 saturated carbocycles. The molecule has 17 heavy (non-hydrogen) atoms. The van der Waals surface area contributed by atoms with Gasteiger partial charge in [-0.1, -0.05) is 6.92 Å². The molecule has 2 atom stereocenters. The summed E-state index contributed by atoms with van der Waals surface area (Å²) in [6.45, 7) is 4.51. The van der Waals surface area contributed by atoms with E-state index in [0.29, 0.717) is 11.5 Å². The fraction of sp³-hybridized carbons (Fsp3) is 0.615.